The molecule has 20 heavy (non-hydrogen) atoms. The fourth-order valence-corrected chi connectivity index (χ4v) is 2.51. The van der Waals surface area contributed by atoms with E-state index < -0.39 is 11.8 Å². The molecular weight excluding hydrogens is 261 g/mol. The van der Waals surface area contributed by atoms with Gasteiger partial charge < -0.3 is 9.84 Å². The lowest BCUT2D eigenvalue weighted by atomic mass is 10.1. The Bertz CT molecular complexity index is 472. The molecule has 1 atom stereocenters. The highest BCUT2D eigenvalue weighted by Crippen LogP contribution is 2.17. The number of benzene rings is 1. The molecule has 0 saturated carbocycles. The molecule has 5 heteroatoms. The van der Waals surface area contributed by atoms with Gasteiger partial charge in [-0.15, -0.1) is 0 Å². The van der Waals surface area contributed by atoms with Crippen molar-refractivity contribution in [3.05, 3.63) is 35.1 Å². The van der Waals surface area contributed by atoms with Crippen LogP contribution in [-0.2, 0) is 11.3 Å². The highest BCUT2D eigenvalue weighted by atomic mass is 19.1. The Morgan fingerprint density at radius 2 is 2.35 bits per heavy atom. The highest BCUT2D eigenvalue weighted by Gasteiger charge is 2.20. The van der Waals surface area contributed by atoms with Gasteiger partial charge in [0.25, 0.3) is 0 Å². The van der Waals surface area contributed by atoms with Crippen LogP contribution in [0.4, 0.5) is 4.39 Å². The molecule has 1 saturated heterocycles. The summed E-state index contributed by atoms with van der Waals surface area (Å²) in [6, 6.07) is 3.94. The van der Waals surface area contributed by atoms with Crippen LogP contribution < -0.4 is 0 Å². The van der Waals surface area contributed by atoms with E-state index in [4.69, 9.17) is 9.84 Å². The van der Waals surface area contributed by atoms with Crippen LogP contribution in [0.1, 0.15) is 35.7 Å². The number of hydrogen-bond acceptors (Lipinski definition) is 3. The van der Waals surface area contributed by atoms with E-state index in [-0.39, 0.29) is 11.7 Å². The van der Waals surface area contributed by atoms with E-state index in [9.17, 15) is 9.18 Å². The first-order valence-corrected chi connectivity index (χ1v) is 6.95. The van der Waals surface area contributed by atoms with E-state index in [2.05, 4.69) is 4.90 Å². The zero-order chi connectivity index (χ0) is 14.5. The number of rotatable bonds is 6. The largest absolute Gasteiger partial charge is 0.478 e. The summed E-state index contributed by atoms with van der Waals surface area (Å²) in [7, 11) is 0. The van der Waals surface area contributed by atoms with E-state index in [0.717, 1.165) is 38.6 Å². The molecule has 1 aromatic rings. The monoisotopic (exact) mass is 281 g/mol. The summed E-state index contributed by atoms with van der Waals surface area (Å²) in [6.07, 6.45) is 2.36. The summed E-state index contributed by atoms with van der Waals surface area (Å²) in [5.41, 5.74) is 0.675. The van der Waals surface area contributed by atoms with Gasteiger partial charge in [0.15, 0.2) is 0 Å². The Hall–Kier alpha value is -1.46. The van der Waals surface area contributed by atoms with Crippen molar-refractivity contribution in [2.45, 2.75) is 32.4 Å². The third kappa shape index (κ3) is 3.77. The third-order valence-electron chi connectivity index (χ3n) is 3.63. The van der Waals surface area contributed by atoms with Crippen LogP contribution in [0, 0.1) is 5.82 Å². The molecule has 4 nitrogen and oxygen atoms in total. The average Bonchev–Trinajstić information content (AvgIpc) is 2.92. The number of likely N-dealkylation sites (N-methyl/N-ethyl adjacent to an activating group) is 1. The quantitative estimate of drug-likeness (QED) is 0.870. The fraction of sp³-hybridized carbons (Fsp3) is 0.533. The standard InChI is InChI=1S/C15H20FNO3/c1-2-17(10-13-4-3-7-20-13)9-11-5-6-12(16)8-14(11)15(18)19/h5-6,8,13H,2-4,7,9-10H2,1H3,(H,18,19). The minimum Gasteiger partial charge on any atom is -0.478 e. The Labute approximate surface area is 118 Å². The molecule has 1 aliphatic rings. The Balaban J connectivity index is 2.08. The molecular formula is C15H20FNO3. The van der Waals surface area contributed by atoms with Crippen LogP contribution >= 0.6 is 0 Å². The maximum absolute atomic E-state index is 13.2. The molecule has 0 radical (unpaired) electrons. The fourth-order valence-electron chi connectivity index (χ4n) is 2.51. The van der Waals surface area contributed by atoms with Gasteiger partial charge >= 0.3 is 5.97 Å². The molecule has 1 unspecified atom stereocenters. The molecule has 1 heterocycles. The summed E-state index contributed by atoms with van der Waals surface area (Å²) >= 11 is 0. The zero-order valence-corrected chi connectivity index (χ0v) is 11.6. The van der Waals surface area contributed by atoms with E-state index in [1.807, 2.05) is 6.92 Å². The van der Waals surface area contributed by atoms with Gasteiger partial charge in [-0.25, -0.2) is 9.18 Å². The number of nitrogens with zero attached hydrogens (tertiary/aromatic N) is 1. The summed E-state index contributed by atoms with van der Waals surface area (Å²) in [5, 5.41) is 9.15. The average molecular weight is 281 g/mol. The summed E-state index contributed by atoms with van der Waals surface area (Å²) in [5.74, 6) is -1.61. The number of aromatic carboxylic acids is 1. The van der Waals surface area contributed by atoms with Gasteiger partial charge in [0.2, 0.25) is 0 Å². The van der Waals surface area contributed by atoms with Crippen LogP contribution in [-0.4, -0.2) is 41.8 Å². The predicted octanol–water partition coefficient (Wildman–Crippen LogP) is 2.52. The minimum absolute atomic E-state index is 0.0378. The molecule has 1 aromatic carbocycles. The van der Waals surface area contributed by atoms with Crippen molar-refractivity contribution in [1.82, 2.24) is 4.90 Å². The van der Waals surface area contributed by atoms with Gasteiger partial charge in [-0.05, 0) is 37.1 Å². The number of carboxylic acid groups (broad SMARTS) is 1. The normalized spacial score (nSPS) is 18.6. The van der Waals surface area contributed by atoms with Crippen molar-refractivity contribution in [2.24, 2.45) is 0 Å². The van der Waals surface area contributed by atoms with Crippen LogP contribution in [0.25, 0.3) is 0 Å². The van der Waals surface area contributed by atoms with E-state index in [1.165, 1.54) is 6.07 Å². The van der Waals surface area contributed by atoms with Crippen molar-refractivity contribution in [3.63, 3.8) is 0 Å². The Kier molecular flexibility index (Phi) is 5.09. The van der Waals surface area contributed by atoms with Gasteiger partial charge in [-0.2, -0.15) is 0 Å². The molecule has 0 bridgehead atoms. The van der Waals surface area contributed by atoms with Gasteiger partial charge in [-0.3, -0.25) is 4.90 Å². The summed E-state index contributed by atoms with van der Waals surface area (Å²) in [4.78, 5) is 13.3. The number of carbonyl (C=O) groups is 1. The van der Waals surface area contributed by atoms with Gasteiger partial charge in [0.05, 0.1) is 11.7 Å². The van der Waals surface area contributed by atoms with E-state index >= 15 is 0 Å². The summed E-state index contributed by atoms with van der Waals surface area (Å²) in [6.45, 7) is 4.92. The van der Waals surface area contributed by atoms with Gasteiger partial charge in [0.1, 0.15) is 5.82 Å². The van der Waals surface area contributed by atoms with Crippen LogP contribution in [0.3, 0.4) is 0 Å². The number of carboxylic acids is 1. The van der Waals surface area contributed by atoms with Crippen molar-refractivity contribution >= 4 is 5.97 Å². The Morgan fingerprint density at radius 1 is 1.55 bits per heavy atom. The molecule has 0 aliphatic carbocycles. The lowest BCUT2D eigenvalue weighted by Gasteiger charge is -2.24. The number of hydrogen-bond donors (Lipinski definition) is 1. The van der Waals surface area contributed by atoms with Crippen molar-refractivity contribution in [2.75, 3.05) is 19.7 Å². The predicted molar refractivity (Wildman–Crippen MR) is 73.3 cm³/mol. The van der Waals surface area contributed by atoms with Gasteiger partial charge in [0, 0.05) is 19.7 Å². The van der Waals surface area contributed by atoms with Crippen LogP contribution in [0.5, 0.6) is 0 Å². The highest BCUT2D eigenvalue weighted by molar-refractivity contribution is 5.89. The molecule has 0 aromatic heterocycles. The number of halogens is 1. The second kappa shape index (κ2) is 6.81. The maximum atomic E-state index is 13.2. The lowest BCUT2D eigenvalue weighted by Crippen LogP contribution is -2.32. The van der Waals surface area contributed by atoms with Crippen molar-refractivity contribution < 1.29 is 19.0 Å². The summed E-state index contributed by atoms with van der Waals surface area (Å²) < 4.78 is 18.8. The molecule has 1 aliphatic heterocycles. The first kappa shape index (κ1) is 14.9. The molecule has 1 fully saturated rings. The second-order valence-corrected chi connectivity index (χ2v) is 5.07. The third-order valence-corrected chi connectivity index (χ3v) is 3.63. The van der Waals surface area contributed by atoms with Crippen LogP contribution in [0.15, 0.2) is 18.2 Å². The first-order chi connectivity index (χ1) is 9.60. The zero-order valence-electron chi connectivity index (χ0n) is 11.6. The molecule has 110 valence electrons. The minimum atomic E-state index is -1.09. The molecule has 0 spiro atoms. The molecule has 0 amide bonds. The van der Waals surface area contributed by atoms with Crippen LogP contribution in [0.2, 0.25) is 0 Å². The SMILES string of the molecule is CCN(Cc1ccc(F)cc1C(=O)O)CC1CCCO1. The second-order valence-electron chi connectivity index (χ2n) is 5.07. The molecule has 1 N–H and O–H groups in total. The van der Waals surface area contributed by atoms with Gasteiger partial charge in [-0.1, -0.05) is 13.0 Å². The first-order valence-electron chi connectivity index (χ1n) is 6.95. The van der Waals surface area contributed by atoms with Crippen molar-refractivity contribution in [3.8, 4) is 0 Å². The smallest absolute Gasteiger partial charge is 0.336 e. The van der Waals surface area contributed by atoms with E-state index in [1.54, 1.807) is 6.07 Å². The van der Waals surface area contributed by atoms with E-state index in [0.29, 0.717) is 12.1 Å². The van der Waals surface area contributed by atoms with Crippen molar-refractivity contribution in [1.29, 1.82) is 0 Å². The molecule has 2 rings (SSSR count). The Morgan fingerprint density at radius 3 is 2.95 bits per heavy atom. The maximum Gasteiger partial charge on any atom is 0.336 e. The number of ether oxygens (including phenoxy) is 1. The topological polar surface area (TPSA) is 49.8 Å². The lowest BCUT2D eigenvalue weighted by molar-refractivity contribution is 0.0681.